The lowest BCUT2D eigenvalue weighted by atomic mass is 10.0. The second-order valence-corrected chi connectivity index (χ2v) is 9.16. The van der Waals surface area contributed by atoms with Crippen LogP contribution >= 0.6 is 0 Å². The van der Waals surface area contributed by atoms with Crippen LogP contribution in [0.25, 0.3) is 0 Å². The van der Waals surface area contributed by atoms with Gasteiger partial charge in [-0.3, -0.25) is 0 Å². The minimum Gasteiger partial charge on any atom is -0.377 e. The van der Waals surface area contributed by atoms with E-state index in [2.05, 4.69) is 15.5 Å². The van der Waals surface area contributed by atoms with Crippen molar-refractivity contribution in [3.05, 3.63) is 53.6 Å². The highest BCUT2D eigenvalue weighted by Gasteiger charge is 2.30. The van der Waals surface area contributed by atoms with Gasteiger partial charge < -0.3 is 15.5 Å². The van der Waals surface area contributed by atoms with Crippen LogP contribution in [0.5, 0.6) is 0 Å². The van der Waals surface area contributed by atoms with Gasteiger partial charge in [-0.1, -0.05) is 12.1 Å². The number of anilines is 2. The Hall–Kier alpha value is -2.26. The number of hydrogen-bond donors (Lipinski definition) is 2. The number of halogens is 3. The minimum atomic E-state index is -4.43. The summed E-state index contributed by atoms with van der Waals surface area (Å²) in [6, 6.07) is 9.59. The molecule has 2 aromatic carbocycles. The summed E-state index contributed by atoms with van der Waals surface area (Å²) in [7, 11) is -3.51. The molecule has 2 aromatic rings. The van der Waals surface area contributed by atoms with Crippen LogP contribution in [0.3, 0.4) is 0 Å². The van der Waals surface area contributed by atoms with Gasteiger partial charge in [0.25, 0.3) is 0 Å². The number of sulfone groups is 1. The maximum atomic E-state index is 13.0. The Bertz CT molecular complexity index is 971. The molecule has 0 aliphatic carbocycles. The SMILES string of the molecule is CC(Nc1cc(N2CCNCC2)ccc1S(C)(=O)=O)c1cccc(C(F)(F)F)c1. The molecule has 0 radical (unpaired) electrons. The molecule has 5 nitrogen and oxygen atoms in total. The first-order valence-electron chi connectivity index (χ1n) is 9.29. The van der Waals surface area contributed by atoms with Crippen LogP contribution in [0.1, 0.15) is 24.1 Å². The number of piperazine rings is 1. The number of benzene rings is 2. The van der Waals surface area contributed by atoms with Crippen LogP contribution in [-0.4, -0.2) is 40.9 Å². The second kappa shape index (κ2) is 8.23. The van der Waals surface area contributed by atoms with Crippen molar-refractivity contribution < 1.29 is 21.6 Å². The van der Waals surface area contributed by atoms with Crippen molar-refractivity contribution in [2.75, 3.05) is 42.7 Å². The zero-order chi connectivity index (χ0) is 21.2. The van der Waals surface area contributed by atoms with Gasteiger partial charge in [-0.2, -0.15) is 13.2 Å². The number of nitrogens with zero attached hydrogens (tertiary/aromatic N) is 1. The van der Waals surface area contributed by atoms with E-state index in [0.717, 1.165) is 50.3 Å². The fourth-order valence-electron chi connectivity index (χ4n) is 3.37. The predicted octanol–water partition coefficient (Wildman–Crippen LogP) is 3.69. The topological polar surface area (TPSA) is 61.4 Å². The Kier molecular flexibility index (Phi) is 6.09. The maximum Gasteiger partial charge on any atom is 0.416 e. The number of alkyl halides is 3. The Balaban J connectivity index is 1.93. The van der Waals surface area contributed by atoms with Gasteiger partial charge in [-0.05, 0) is 42.8 Å². The molecule has 29 heavy (non-hydrogen) atoms. The smallest absolute Gasteiger partial charge is 0.377 e. The molecule has 1 heterocycles. The number of nitrogens with one attached hydrogen (secondary N) is 2. The summed E-state index contributed by atoms with van der Waals surface area (Å²) in [6.07, 6.45) is -3.32. The van der Waals surface area contributed by atoms with Gasteiger partial charge in [-0.15, -0.1) is 0 Å². The Labute approximate surface area is 168 Å². The number of rotatable bonds is 5. The summed E-state index contributed by atoms with van der Waals surface area (Å²) in [4.78, 5) is 2.26. The minimum absolute atomic E-state index is 0.121. The van der Waals surface area contributed by atoms with Crippen molar-refractivity contribution in [3.8, 4) is 0 Å². The van der Waals surface area contributed by atoms with Crippen molar-refractivity contribution in [2.45, 2.75) is 24.0 Å². The third-order valence-corrected chi connectivity index (χ3v) is 6.09. The van der Waals surface area contributed by atoms with Crippen molar-refractivity contribution >= 4 is 21.2 Å². The van der Waals surface area contributed by atoms with E-state index in [9.17, 15) is 21.6 Å². The van der Waals surface area contributed by atoms with Crippen LogP contribution in [-0.2, 0) is 16.0 Å². The van der Waals surface area contributed by atoms with Gasteiger partial charge in [0.1, 0.15) is 0 Å². The lowest BCUT2D eigenvalue weighted by molar-refractivity contribution is -0.137. The van der Waals surface area contributed by atoms with Gasteiger partial charge in [-0.25, -0.2) is 8.42 Å². The fourth-order valence-corrected chi connectivity index (χ4v) is 4.21. The molecular formula is C20H24F3N3O2S. The van der Waals surface area contributed by atoms with E-state index in [-0.39, 0.29) is 4.90 Å². The van der Waals surface area contributed by atoms with Crippen molar-refractivity contribution in [2.24, 2.45) is 0 Å². The normalized spacial score (nSPS) is 16.5. The van der Waals surface area contributed by atoms with E-state index in [1.807, 2.05) is 0 Å². The molecule has 2 N–H and O–H groups in total. The lowest BCUT2D eigenvalue weighted by Crippen LogP contribution is -2.43. The molecule has 1 aliphatic rings. The molecule has 158 valence electrons. The number of hydrogen-bond acceptors (Lipinski definition) is 5. The van der Waals surface area contributed by atoms with Crippen molar-refractivity contribution in [1.82, 2.24) is 5.32 Å². The van der Waals surface area contributed by atoms with E-state index in [0.29, 0.717) is 11.3 Å². The summed E-state index contributed by atoms with van der Waals surface area (Å²) in [5.74, 6) is 0. The monoisotopic (exact) mass is 427 g/mol. The van der Waals surface area contributed by atoms with Gasteiger partial charge in [0.05, 0.1) is 16.1 Å². The average Bonchev–Trinajstić information content (AvgIpc) is 2.67. The predicted molar refractivity (Wildman–Crippen MR) is 108 cm³/mol. The van der Waals surface area contributed by atoms with Gasteiger partial charge in [0.2, 0.25) is 0 Å². The Morgan fingerprint density at radius 2 is 1.79 bits per heavy atom. The van der Waals surface area contributed by atoms with Crippen LogP contribution in [0.4, 0.5) is 24.5 Å². The van der Waals surface area contributed by atoms with Gasteiger partial charge in [0, 0.05) is 44.2 Å². The van der Waals surface area contributed by atoms with Crippen LogP contribution in [0.15, 0.2) is 47.4 Å². The largest absolute Gasteiger partial charge is 0.416 e. The van der Waals surface area contributed by atoms with Crippen LogP contribution in [0, 0.1) is 0 Å². The summed E-state index contributed by atoms with van der Waals surface area (Å²) < 4.78 is 63.5. The molecule has 0 amide bonds. The zero-order valence-corrected chi connectivity index (χ0v) is 17.1. The van der Waals surface area contributed by atoms with Crippen molar-refractivity contribution in [3.63, 3.8) is 0 Å². The quantitative estimate of drug-likeness (QED) is 0.762. The molecule has 1 atom stereocenters. The summed E-state index contributed by atoms with van der Waals surface area (Å²) in [6.45, 7) is 4.95. The highest BCUT2D eigenvalue weighted by Crippen LogP contribution is 2.33. The molecule has 1 aliphatic heterocycles. The first kappa shape index (κ1) is 21.4. The van der Waals surface area contributed by atoms with E-state index >= 15 is 0 Å². The summed E-state index contributed by atoms with van der Waals surface area (Å²) in [5.41, 5.74) is 0.944. The zero-order valence-electron chi connectivity index (χ0n) is 16.3. The molecule has 0 spiro atoms. The maximum absolute atomic E-state index is 13.0. The molecular weight excluding hydrogens is 403 g/mol. The van der Waals surface area contributed by atoms with Crippen LogP contribution in [0.2, 0.25) is 0 Å². The van der Waals surface area contributed by atoms with E-state index in [4.69, 9.17) is 0 Å². The standard InChI is InChI=1S/C20H24F3N3O2S/c1-14(15-4-3-5-16(12-15)20(21,22)23)25-18-13-17(26-10-8-24-9-11-26)6-7-19(18)29(2,27)28/h3-7,12-14,24-25H,8-11H2,1-2H3. The van der Waals surface area contributed by atoms with Crippen molar-refractivity contribution in [1.29, 1.82) is 0 Å². The first-order chi connectivity index (χ1) is 13.6. The average molecular weight is 427 g/mol. The molecule has 0 saturated carbocycles. The molecule has 3 rings (SSSR count). The summed E-state index contributed by atoms with van der Waals surface area (Å²) >= 11 is 0. The highest BCUT2D eigenvalue weighted by atomic mass is 32.2. The lowest BCUT2D eigenvalue weighted by Gasteiger charge is -2.30. The van der Waals surface area contributed by atoms with E-state index in [1.165, 1.54) is 6.07 Å². The third-order valence-electron chi connectivity index (χ3n) is 4.93. The molecule has 0 bridgehead atoms. The van der Waals surface area contributed by atoms with Crippen LogP contribution < -0.4 is 15.5 Å². The summed E-state index contributed by atoms with van der Waals surface area (Å²) in [5, 5.41) is 6.36. The highest BCUT2D eigenvalue weighted by molar-refractivity contribution is 7.90. The molecule has 9 heteroatoms. The van der Waals surface area contributed by atoms with Gasteiger partial charge >= 0.3 is 6.18 Å². The molecule has 0 aromatic heterocycles. The Morgan fingerprint density at radius 1 is 1.10 bits per heavy atom. The van der Waals surface area contributed by atoms with Gasteiger partial charge in [0.15, 0.2) is 9.84 Å². The first-order valence-corrected chi connectivity index (χ1v) is 11.2. The molecule has 1 unspecified atom stereocenters. The van der Waals surface area contributed by atoms with E-state index in [1.54, 1.807) is 31.2 Å². The Morgan fingerprint density at radius 3 is 2.41 bits per heavy atom. The third kappa shape index (κ3) is 5.22. The molecule has 1 saturated heterocycles. The fraction of sp³-hybridized carbons (Fsp3) is 0.400. The molecule has 1 fully saturated rings. The second-order valence-electron chi connectivity index (χ2n) is 7.18. The van der Waals surface area contributed by atoms with E-state index < -0.39 is 27.6 Å².